The molecule has 2 N–H and O–H groups in total. The van der Waals surface area contributed by atoms with E-state index in [9.17, 15) is 9.59 Å². The molecule has 0 heterocycles. The average molecular weight is 186 g/mol. The van der Waals surface area contributed by atoms with Gasteiger partial charge in [-0.2, -0.15) is 0 Å². The van der Waals surface area contributed by atoms with Crippen LogP contribution >= 0.6 is 0 Å². The Morgan fingerprint density at radius 3 is 2.54 bits per heavy atom. The highest BCUT2D eigenvalue weighted by Crippen LogP contribution is 1.86. The Balaban J connectivity index is 3.35. The summed E-state index contributed by atoms with van der Waals surface area (Å²) >= 11 is 0. The van der Waals surface area contributed by atoms with Crippen molar-refractivity contribution in [3.63, 3.8) is 0 Å². The number of hydrogen-bond acceptors (Lipinski definition) is 3. The fourth-order valence-corrected chi connectivity index (χ4v) is 0.836. The Bertz CT molecular complexity index is 169. The molecule has 0 saturated carbocycles. The molecule has 1 amide bonds. The van der Waals surface area contributed by atoms with Crippen molar-refractivity contribution in [3.8, 4) is 0 Å². The maximum atomic E-state index is 11.0. The summed E-state index contributed by atoms with van der Waals surface area (Å²) in [4.78, 5) is 21.9. The molecule has 0 aliphatic heterocycles. The van der Waals surface area contributed by atoms with Crippen LogP contribution in [0.25, 0.3) is 0 Å². The minimum absolute atomic E-state index is 0.0444. The Morgan fingerprint density at radius 1 is 1.31 bits per heavy atom. The lowest BCUT2D eigenvalue weighted by Gasteiger charge is -2.02. The zero-order valence-corrected chi connectivity index (χ0v) is 8.35. The zero-order chi connectivity index (χ0) is 10.1. The van der Waals surface area contributed by atoms with Gasteiger partial charge in [0.2, 0.25) is 5.91 Å². The van der Waals surface area contributed by atoms with Crippen molar-refractivity contribution in [1.29, 1.82) is 0 Å². The fraction of sp³-hybridized carbons (Fsp3) is 0.778. The van der Waals surface area contributed by atoms with Crippen molar-refractivity contribution in [1.82, 2.24) is 10.6 Å². The van der Waals surface area contributed by atoms with Gasteiger partial charge in [-0.15, -0.1) is 0 Å². The maximum absolute atomic E-state index is 11.0. The second kappa shape index (κ2) is 7.73. The van der Waals surface area contributed by atoms with Gasteiger partial charge >= 0.3 is 0 Å². The van der Waals surface area contributed by atoms with Gasteiger partial charge < -0.3 is 10.6 Å². The lowest BCUT2D eigenvalue weighted by atomic mass is 10.2. The molecule has 4 nitrogen and oxygen atoms in total. The summed E-state index contributed by atoms with van der Waals surface area (Å²) < 4.78 is 0. The number of amides is 1. The number of carbonyl (C=O) groups excluding carboxylic acids is 2. The van der Waals surface area contributed by atoms with Gasteiger partial charge in [-0.25, -0.2) is 0 Å². The average Bonchev–Trinajstić information content (AvgIpc) is 2.14. The number of ketones is 1. The summed E-state index contributed by atoms with van der Waals surface area (Å²) in [6, 6.07) is 0. The first-order valence-electron chi connectivity index (χ1n) is 4.63. The molecule has 0 radical (unpaired) electrons. The SMILES string of the molecule is CCC(=O)CNC(=O)CCCNC. The molecule has 0 atom stereocenters. The van der Waals surface area contributed by atoms with Crippen LogP contribution in [0.15, 0.2) is 0 Å². The van der Waals surface area contributed by atoms with Gasteiger partial charge in [0, 0.05) is 12.8 Å². The molecule has 0 aromatic carbocycles. The minimum Gasteiger partial charge on any atom is -0.349 e. The van der Waals surface area contributed by atoms with Gasteiger partial charge in [0.05, 0.1) is 6.54 Å². The predicted molar refractivity (Wildman–Crippen MR) is 51.5 cm³/mol. The van der Waals surface area contributed by atoms with Crippen LogP contribution in [0.4, 0.5) is 0 Å². The van der Waals surface area contributed by atoms with E-state index in [-0.39, 0.29) is 18.2 Å². The molecule has 0 aliphatic carbocycles. The second-order valence-corrected chi connectivity index (χ2v) is 2.88. The van der Waals surface area contributed by atoms with Crippen LogP contribution < -0.4 is 10.6 Å². The highest BCUT2D eigenvalue weighted by molar-refractivity contribution is 5.85. The van der Waals surface area contributed by atoms with Crippen LogP contribution in [0.3, 0.4) is 0 Å². The molecule has 76 valence electrons. The maximum Gasteiger partial charge on any atom is 0.220 e. The molecule has 0 saturated heterocycles. The molecule has 0 aromatic rings. The Labute approximate surface area is 79.1 Å². The van der Waals surface area contributed by atoms with Crippen molar-refractivity contribution >= 4 is 11.7 Å². The molecule has 0 bridgehead atoms. The third kappa shape index (κ3) is 7.46. The molecule has 13 heavy (non-hydrogen) atoms. The first-order chi connectivity index (χ1) is 6.20. The van der Waals surface area contributed by atoms with Crippen molar-refractivity contribution in [2.24, 2.45) is 0 Å². The van der Waals surface area contributed by atoms with Gasteiger partial charge in [-0.3, -0.25) is 9.59 Å². The number of carbonyl (C=O) groups is 2. The third-order valence-electron chi connectivity index (χ3n) is 1.71. The largest absolute Gasteiger partial charge is 0.349 e. The topological polar surface area (TPSA) is 58.2 Å². The molecular weight excluding hydrogens is 168 g/mol. The molecular formula is C9H18N2O2. The van der Waals surface area contributed by atoms with Crippen LogP contribution in [-0.4, -0.2) is 31.8 Å². The van der Waals surface area contributed by atoms with E-state index in [1.54, 1.807) is 6.92 Å². The van der Waals surface area contributed by atoms with Gasteiger partial charge in [0.1, 0.15) is 0 Å². The molecule has 0 aromatic heterocycles. The van der Waals surface area contributed by atoms with Crippen LogP contribution in [0.1, 0.15) is 26.2 Å². The lowest BCUT2D eigenvalue weighted by molar-refractivity contribution is -0.125. The Kier molecular flexibility index (Phi) is 7.20. The van der Waals surface area contributed by atoms with Crippen molar-refractivity contribution in [3.05, 3.63) is 0 Å². The molecule has 0 unspecified atom stereocenters. The van der Waals surface area contributed by atoms with E-state index in [4.69, 9.17) is 0 Å². The van der Waals surface area contributed by atoms with E-state index in [0.717, 1.165) is 13.0 Å². The summed E-state index contributed by atoms with van der Waals surface area (Å²) in [5.41, 5.74) is 0. The van der Waals surface area contributed by atoms with E-state index >= 15 is 0 Å². The highest BCUT2D eigenvalue weighted by atomic mass is 16.2. The Morgan fingerprint density at radius 2 is 2.00 bits per heavy atom. The fourth-order valence-electron chi connectivity index (χ4n) is 0.836. The van der Waals surface area contributed by atoms with E-state index < -0.39 is 0 Å². The zero-order valence-electron chi connectivity index (χ0n) is 8.35. The van der Waals surface area contributed by atoms with Crippen LogP contribution in [-0.2, 0) is 9.59 Å². The van der Waals surface area contributed by atoms with Gasteiger partial charge in [-0.1, -0.05) is 6.92 Å². The third-order valence-corrected chi connectivity index (χ3v) is 1.71. The standard InChI is InChI=1S/C9H18N2O2/c1-3-8(12)7-11-9(13)5-4-6-10-2/h10H,3-7H2,1-2H3,(H,11,13). The predicted octanol–water partition coefficient (Wildman–Crippen LogP) is 0.0813. The minimum atomic E-state index is -0.0444. The smallest absolute Gasteiger partial charge is 0.220 e. The molecule has 0 spiro atoms. The van der Waals surface area contributed by atoms with E-state index in [1.165, 1.54) is 0 Å². The lowest BCUT2D eigenvalue weighted by Crippen LogP contribution is -2.29. The van der Waals surface area contributed by atoms with E-state index in [2.05, 4.69) is 10.6 Å². The van der Waals surface area contributed by atoms with Crippen LogP contribution in [0, 0.1) is 0 Å². The van der Waals surface area contributed by atoms with E-state index in [0.29, 0.717) is 12.8 Å². The molecule has 4 heteroatoms. The van der Waals surface area contributed by atoms with Crippen molar-refractivity contribution in [2.45, 2.75) is 26.2 Å². The molecule has 0 rings (SSSR count). The Hall–Kier alpha value is -0.900. The summed E-state index contributed by atoms with van der Waals surface area (Å²) in [5.74, 6) is 0.0269. The van der Waals surface area contributed by atoms with Crippen LogP contribution in [0.5, 0.6) is 0 Å². The summed E-state index contributed by atoms with van der Waals surface area (Å²) in [6.45, 7) is 2.79. The number of Topliss-reactive ketones (excluding diaryl/α,β-unsaturated/α-hetero) is 1. The van der Waals surface area contributed by atoms with E-state index in [1.807, 2.05) is 7.05 Å². The first-order valence-corrected chi connectivity index (χ1v) is 4.63. The van der Waals surface area contributed by atoms with Gasteiger partial charge in [0.25, 0.3) is 0 Å². The number of rotatable bonds is 7. The van der Waals surface area contributed by atoms with Gasteiger partial charge in [-0.05, 0) is 20.0 Å². The summed E-state index contributed by atoms with van der Waals surface area (Å²) in [5, 5.41) is 5.53. The van der Waals surface area contributed by atoms with Crippen molar-refractivity contribution in [2.75, 3.05) is 20.1 Å². The van der Waals surface area contributed by atoms with Gasteiger partial charge in [0.15, 0.2) is 5.78 Å². The second-order valence-electron chi connectivity index (χ2n) is 2.88. The molecule has 0 fully saturated rings. The molecule has 0 aliphatic rings. The summed E-state index contributed by atoms with van der Waals surface area (Å²) in [7, 11) is 1.85. The normalized spacial score (nSPS) is 9.69. The number of hydrogen-bond donors (Lipinski definition) is 2. The quantitative estimate of drug-likeness (QED) is 0.554. The monoisotopic (exact) mass is 186 g/mol. The highest BCUT2D eigenvalue weighted by Gasteiger charge is 2.02. The number of nitrogens with one attached hydrogen (secondary N) is 2. The first kappa shape index (κ1) is 12.1. The van der Waals surface area contributed by atoms with Crippen LogP contribution in [0.2, 0.25) is 0 Å². The summed E-state index contributed by atoms with van der Waals surface area (Å²) in [6.07, 6.45) is 1.78. The van der Waals surface area contributed by atoms with Crippen molar-refractivity contribution < 1.29 is 9.59 Å².